The van der Waals surface area contributed by atoms with E-state index >= 15 is 0 Å². The molecule has 0 spiro atoms. The summed E-state index contributed by atoms with van der Waals surface area (Å²) in [5.41, 5.74) is 6.15. The SMILES string of the molecule is Cc1nn(C)c(CNOCc2ccccc2)c1Br. The van der Waals surface area contributed by atoms with E-state index in [4.69, 9.17) is 4.84 Å². The Bertz CT molecular complexity index is 510. The third kappa shape index (κ3) is 3.19. The third-order valence-corrected chi connectivity index (χ3v) is 3.72. The maximum absolute atomic E-state index is 5.43. The molecule has 0 saturated heterocycles. The van der Waals surface area contributed by atoms with Gasteiger partial charge in [0.05, 0.1) is 29.0 Å². The van der Waals surface area contributed by atoms with Gasteiger partial charge in [0.2, 0.25) is 0 Å². The molecule has 2 rings (SSSR count). The maximum atomic E-state index is 5.43. The molecular weight excluding hydrogens is 294 g/mol. The highest BCUT2D eigenvalue weighted by Crippen LogP contribution is 2.19. The molecule has 1 aromatic heterocycles. The second-order valence-electron chi connectivity index (χ2n) is 4.07. The second-order valence-corrected chi connectivity index (χ2v) is 4.86. The van der Waals surface area contributed by atoms with Gasteiger partial charge in [-0.15, -0.1) is 0 Å². The highest BCUT2D eigenvalue weighted by molar-refractivity contribution is 9.10. The summed E-state index contributed by atoms with van der Waals surface area (Å²) in [7, 11) is 1.92. The first-order valence-electron chi connectivity index (χ1n) is 5.75. The minimum atomic E-state index is 0.551. The van der Waals surface area contributed by atoms with E-state index in [9.17, 15) is 0 Å². The van der Waals surface area contributed by atoms with Crippen molar-refractivity contribution in [2.45, 2.75) is 20.1 Å². The molecule has 0 radical (unpaired) electrons. The number of nitrogens with one attached hydrogen (secondary N) is 1. The molecule has 0 saturated carbocycles. The summed E-state index contributed by atoms with van der Waals surface area (Å²) in [4.78, 5) is 5.43. The van der Waals surface area contributed by atoms with E-state index < -0.39 is 0 Å². The van der Waals surface area contributed by atoms with Crippen molar-refractivity contribution in [2.24, 2.45) is 7.05 Å². The maximum Gasteiger partial charge on any atom is 0.0933 e. The van der Waals surface area contributed by atoms with Crippen LogP contribution in [0.4, 0.5) is 0 Å². The molecule has 96 valence electrons. The summed E-state index contributed by atoms with van der Waals surface area (Å²) < 4.78 is 2.87. The normalized spacial score (nSPS) is 10.8. The fourth-order valence-corrected chi connectivity index (χ4v) is 2.18. The number of aromatic nitrogens is 2. The first-order chi connectivity index (χ1) is 8.68. The Balaban J connectivity index is 1.82. The highest BCUT2D eigenvalue weighted by Gasteiger charge is 2.09. The number of hydrogen-bond acceptors (Lipinski definition) is 3. The number of benzene rings is 1. The van der Waals surface area contributed by atoms with E-state index in [1.54, 1.807) is 0 Å². The lowest BCUT2D eigenvalue weighted by Gasteiger charge is -2.06. The van der Waals surface area contributed by atoms with Gasteiger partial charge in [0.15, 0.2) is 0 Å². The summed E-state index contributed by atoms with van der Waals surface area (Å²) in [6, 6.07) is 10.1. The summed E-state index contributed by atoms with van der Waals surface area (Å²) in [6.07, 6.45) is 0. The van der Waals surface area contributed by atoms with Crippen LogP contribution in [-0.4, -0.2) is 9.78 Å². The minimum Gasteiger partial charge on any atom is -0.297 e. The number of nitrogens with zero attached hydrogens (tertiary/aromatic N) is 2. The molecule has 0 atom stereocenters. The average Bonchev–Trinajstić information content (AvgIpc) is 2.61. The van der Waals surface area contributed by atoms with Gasteiger partial charge in [0.1, 0.15) is 0 Å². The van der Waals surface area contributed by atoms with Crippen molar-refractivity contribution in [3.8, 4) is 0 Å². The minimum absolute atomic E-state index is 0.551. The van der Waals surface area contributed by atoms with Crippen molar-refractivity contribution in [2.75, 3.05) is 0 Å². The molecule has 1 heterocycles. The van der Waals surface area contributed by atoms with Crippen molar-refractivity contribution < 1.29 is 4.84 Å². The zero-order chi connectivity index (χ0) is 13.0. The number of hydrogen-bond donors (Lipinski definition) is 1. The van der Waals surface area contributed by atoms with Crippen LogP contribution in [0, 0.1) is 6.92 Å². The lowest BCUT2D eigenvalue weighted by Crippen LogP contribution is -2.16. The predicted octanol–water partition coefficient (Wildman–Crippen LogP) is 2.71. The van der Waals surface area contributed by atoms with E-state index in [-0.39, 0.29) is 0 Å². The Hall–Kier alpha value is -1.17. The second kappa shape index (κ2) is 6.13. The van der Waals surface area contributed by atoms with Crippen LogP contribution in [0.15, 0.2) is 34.8 Å². The van der Waals surface area contributed by atoms with Crippen LogP contribution in [0.5, 0.6) is 0 Å². The highest BCUT2D eigenvalue weighted by atomic mass is 79.9. The van der Waals surface area contributed by atoms with Crippen LogP contribution >= 0.6 is 15.9 Å². The van der Waals surface area contributed by atoms with Crippen LogP contribution in [0.2, 0.25) is 0 Å². The van der Waals surface area contributed by atoms with Crippen molar-refractivity contribution in [3.05, 3.63) is 51.8 Å². The van der Waals surface area contributed by atoms with E-state index in [2.05, 4.69) is 26.5 Å². The molecule has 0 fully saturated rings. The molecule has 1 aromatic carbocycles. The van der Waals surface area contributed by atoms with Crippen LogP contribution in [0.25, 0.3) is 0 Å². The monoisotopic (exact) mass is 309 g/mol. The molecule has 0 amide bonds. The van der Waals surface area contributed by atoms with Crippen LogP contribution in [-0.2, 0) is 25.0 Å². The standard InChI is InChI=1S/C13H16BrN3O/c1-10-13(14)12(17(2)16-10)8-15-18-9-11-6-4-3-5-7-11/h3-7,15H,8-9H2,1-2H3. The quantitative estimate of drug-likeness (QED) is 0.682. The molecule has 4 nitrogen and oxygen atoms in total. The molecule has 0 aliphatic rings. The van der Waals surface area contributed by atoms with Crippen LogP contribution in [0.3, 0.4) is 0 Å². The Morgan fingerprint density at radius 2 is 2.06 bits per heavy atom. The van der Waals surface area contributed by atoms with Gasteiger partial charge in [-0.1, -0.05) is 30.3 Å². The fraction of sp³-hybridized carbons (Fsp3) is 0.308. The zero-order valence-corrected chi connectivity index (χ0v) is 12.1. The molecule has 0 unspecified atom stereocenters. The zero-order valence-electron chi connectivity index (χ0n) is 10.5. The van der Waals surface area contributed by atoms with E-state index in [1.165, 1.54) is 0 Å². The van der Waals surface area contributed by atoms with Gasteiger partial charge in [-0.3, -0.25) is 9.52 Å². The lowest BCUT2D eigenvalue weighted by atomic mass is 10.2. The molecule has 0 aliphatic heterocycles. The Labute approximate surface area is 115 Å². The van der Waals surface area contributed by atoms with Gasteiger partial charge in [0, 0.05) is 7.05 Å². The van der Waals surface area contributed by atoms with Gasteiger partial charge >= 0.3 is 0 Å². The van der Waals surface area contributed by atoms with E-state index in [0.717, 1.165) is 21.4 Å². The summed E-state index contributed by atoms with van der Waals surface area (Å²) >= 11 is 3.52. The Morgan fingerprint density at radius 3 is 2.67 bits per heavy atom. The summed E-state index contributed by atoms with van der Waals surface area (Å²) in [5.74, 6) is 0. The molecule has 5 heteroatoms. The Kier molecular flexibility index (Phi) is 4.52. The van der Waals surface area contributed by atoms with Crippen LogP contribution in [0.1, 0.15) is 17.0 Å². The summed E-state index contributed by atoms with van der Waals surface area (Å²) in [5, 5.41) is 4.32. The number of rotatable bonds is 5. The number of hydroxylamine groups is 1. The number of halogens is 1. The first kappa shape index (κ1) is 13.3. The van der Waals surface area contributed by atoms with Gasteiger partial charge in [-0.2, -0.15) is 10.6 Å². The lowest BCUT2D eigenvalue weighted by molar-refractivity contribution is 0.0222. The largest absolute Gasteiger partial charge is 0.297 e. The van der Waals surface area contributed by atoms with Crippen LogP contribution < -0.4 is 5.48 Å². The van der Waals surface area contributed by atoms with Gasteiger partial charge < -0.3 is 0 Å². The van der Waals surface area contributed by atoms with Gasteiger partial charge in [0.25, 0.3) is 0 Å². The first-order valence-corrected chi connectivity index (χ1v) is 6.54. The smallest absolute Gasteiger partial charge is 0.0933 e. The topological polar surface area (TPSA) is 39.1 Å². The molecular formula is C13H16BrN3O. The molecule has 2 aromatic rings. The van der Waals surface area contributed by atoms with Crippen molar-refractivity contribution >= 4 is 15.9 Å². The van der Waals surface area contributed by atoms with E-state index in [1.807, 2.05) is 49.0 Å². The molecule has 1 N–H and O–H groups in total. The molecule has 0 aliphatic carbocycles. The Morgan fingerprint density at radius 1 is 1.33 bits per heavy atom. The predicted molar refractivity (Wildman–Crippen MR) is 73.7 cm³/mol. The van der Waals surface area contributed by atoms with Crippen molar-refractivity contribution in [3.63, 3.8) is 0 Å². The van der Waals surface area contributed by atoms with E-state index in [0.29, 0.717) is 13.2 Å². The van der Waals surface area contributed by atoms with Gasteiger partial charge in [-0.25, -0.2) is 0 Å². The third-order valence-electron chi connectivity index (χ3n) is 2.68. The average molecular weight is 310 g/mol. The summed E-state index contributed by atoms with van der Waals surface area (Å²) in [6.45, 7) is 3.14. The van der Waals surface area contributed by atoms with Gasteiger partial charge in [-0.05, 0) is 28.4 Å². The van der Waals surface area contributed by atoms with Crippen molar-refractivity contribution in [1.29, 1.82) is 0 Å². The molecule has 0 bridgehead atoms. The van der Waals surface area contributed by atoms with Crippen molar-refractivity contribution in [1.82, 2.24) is 15.3 Å². The molecule has 18 heavy (non-hydrogen) atoms. The number of aryl methyl sites for hydroxylation is 2. The fourth-order valence-electron chi connectivity index (χ4n) is 1.70.